The molecular weight excluding hydrogens is 262 g/mol. The molecule has 0 atom stereocenters. The molecule has 0 N–H and O–H groups in total. The monoisotopic (exact) mass is 270 g/mol. The maximum atomic E-state index is 11.5. The van der Waals surface area contributed by atoms with E-state index in [1.807, 2.05) is 36.4 Å². The lowest BCUT2D eigenvalue weighted by atomic mass is 10.1. The van der Waals surface area contributed by atoms with Crippen LogP contribution in [0, 0.1) is 0 Å². The maximum absolute atomic E-state index is 11.5. The number of benzene rings is 2. The fraction of sp³-hybridized carbons (Fsp3) is 0. The first-order valence-corrected chi connectivity index (χ1v) is 8.24. The molecule has 0 saturated heterocycles. The van der Waals surface area contributed by atoms with Crippen LogP contribution in [0.1, 0.15) is 0 Å². The van der Waals surface area contributed by atoms with Crippen molar-refractivity contribution in [1.82, 2.24) is 0 Å². The first-order valence-electron chi connectivity index (χ1n) is 4.73. The van der Waals surface area contributed by atoms with E-state index in [0.29, 0.717) is 5.30 Å². The molecule has 0 fully saturated rings. The van der Waals surface area contributed by atoms with Crippen LogP contribution in [0.2, 0.25) is 0 Å². The zero-order chi connectivity index (χ0) is 11.6. The Morgan fingerprint density at radius 3 is 2.06 bits per heavy atom. The van der Waals surface area contributed by atoms with Gasteiger partial charge in [0.15, 0.2) is 0 Å². The fourth-order valence-electron chi connectivity index (χ4n) is 1.48. The molecule has 16 heavy (non-hydrogen) atoms. The molecule has 1 nitrogen and oxygen atoms in total. The largest absolute Gasteiger partial charge is 0.284 e. The predicted octanol–water partition coefficient (Wildman–Crippen LogP) is 4.65. The number of halogens is 2. The molecule has 0 aromatic heterocycles. The Hall–Kier alpha value is -0.750. The molecule has 2 aromatic rings. The topological polar surface area (TPSA) is 17.1 Å². The highest BCUT2D eigenvalue weighted by Gasteiger charge is 2.17. The van der Waals surface area contributed by atoms with Crippen molar-refractivity contribution in [2.75, 3.05) is 0 Å². The number of hydrogen-bond donors (Lipinski definition) is 0. The van der Waals surface area contributed by atoms with Gasteiger partial charge in [0, 0.05) is 5.30 Å². The zero-order valence-corrected chi connectivity index (χ0v) is 10.7. The summed E-state index contributed by atoms with van der Waals surface area (Å²) in [6.07, 6.45) is 0. The molecule has 0 bridgehead atoms. The number of rotatable bonds is 2. The second-order valence-electron chi connectivity index (χ2n) is 3.38. The first kappa shape index (κ1) is 11.7. The molecule has 0 amide bonds. The highest BCUT2D eigenvalue weighted by Crippen LogP contribution is 2.55. The molecule has 0 saturated carbocycles. The zero-order valence-electron chi connectivity index (χ0n) is 8.31. The number of hydrogen-bond acceptors (Lipinski definition) is 1. The van der Waals surface area contributed by atoms with Crippen molar-refractivity contribution in [1.29, 1.82) is 0 Å². The average Bonchev–Trinajstić information content (AvgIpc) is 2.29. The molecule has 82 valence electrons. The van der Waals surface area contributed by atoms with E-state index in [0.717, 1.165) is 11.1 Å². The van der Waals surface area contributed by atoms with E-state index in [1.54, 1.807) is 18.2 Å². The van der Waals surface area contributed by atoms with Gasteiger partial charge in [0.25, 0.3) is 5.85 Å². The Morgan fingerprint density at radius 2 is 1.44 bits per heavy atom. The molecule has 0 aliphatic carbocycles. The summed E-state index contributed by atoms with van der Waals surface area (Å²) in [5.74, 6) is -3.22. The normalized spacial score (nSPS) is 11.4. The fourth-order valence-corrected chi connectivity index (χ4v) is 2.66. The van der Waals surface area contributed by atoms with Gasteiger partial charge in [0.05, 0.1) is 0 Å². The summed E-state index contributed by atoms with van der Waals surface area (Å²) in [6, 6.07) is 17.0. The van der Waals surface area contributed by atoms with Crippen LogP contribution in [0.5, 0.6) is 0 Å². The van der Waals surface area contributed by atoms with E-state index in [-0.39, 0.29) is 0 Å². The smallest absolute Gasteiger partial charge is 0.281 e. The lowest BCUT2D eigenvalue weighted by molar-refractivity contribution is 0.597. The summed E-state index contributed by atoms with van der Waals surface area (Å²) in [4.78, 5) is 0. The van der Waals surface area contributed by atoms with Gasteiger partial charge in [-0.3, -0.25) is 4.57 Å². The minimum absolute atomic E-state index is 0.470. The van der Waals surface area contributed by atoms with Gasteiger partial charge < -0.3 is 0 Å². The molecule has 2 aromatic carbocycles. The highest BCUT2D eigenvalue weighted by atomic mass is 35.9. The van der Waals surface area contributed by atoms with Gasteiger partial charge in [0.1, 0.15) is 0 Å². The predicted molar refractivity (Wildman–Crippen MR) is 70.8 cm³/mol. The van der Waals surface area contributed by atoms with E-state index < -0.39 is 5.85 Å². The van der Waals surface area contributed by atoms with E-state index >= 15 is 0 Å². The SMILES string of the molecule is O=P(Cl)(Cl)c1cccc(-c2ccccc2)c1. The molecule has 0 spiro atoms. The van der Waals surface area contributed by atoms with Crippen LogP contribution in [0.15, 0.2) is 54.6 Å². The summed E-state index contributed by atoms with van der Waals surface area (Å²) in [5, 5.41) is 0.470. The Labute approximate surface area is 104 Å². The third-order valence-electron chi connectivity index (χ3n) is 2.25. The maximum Gasteiger partial charge on any atom is 0.281 e. The minimum atomic E-state index is -3.22. The third-order valence-corrected chi connectivity index (χ3v) is 4.30. The van der Waals surface area contributed by atoms with E-state index in [1.165, 1.54) is 0 Å². The molecule has 2 rings (SSSR count). The average molecular weight is 271 g/mol. The molecule has 0 aliphatic heterocycles. The van der Waals surface area contributed by atoms with Crippen LogP contribution in [-0.2, 0) is 4.57 Å². The van der Waals surface area contributed by atoms with Gasteiger partial charge in [-0.15, -0.1) is 0 Å². The van der Waals surface area contributed by atoms with Crippen LogP contribution in [-0.4, -0.2) is 0 Å². The second kappa shape index (κ2) is 4.63. The van der Waals surface area contributed by atoms with Gasteiger partial charge >= 0.3 is 0 Å². The van der Waals surface area contributed by atoms with E-state index in [4.69, 9.17) is 22.5 Å². The molecule has 0 aliphatic rings. The van der Waals surface area contributed by atoms with Gasteiger partial charge in [-0.1, -0.05) is 42.5 Å². The lowest BCUT2D eigenvalue weighted by Gasteiger charge is -2.05. The van der Waals surface area contributed by atoms with Crippen molar-refractivity contribution in [3.05, 3.63) is 54.6 Å². The van der Waals surface area contributed by atoms with Crippen LogP contribution in [0.4, 0.5) is 0 Å². The minimum Gasteiger partial charge on any atom is -0.284 e. The highest BCUT2D eigenvalue weighted by molar-refractivity contribution is 8.13. The Kier molecular flexibility index (Phi) is 3.39. The van der Waals surface area contributed by atoms with Gasteiger partial charge in [-0.25, -0.2) is 0 Å². The lowest BCUT2D eigenvalue weighted by Crippen LogP contribution is -1.96. The van der Waals surface area contributed by atoms with Crippen molar-refractivity contribution < 1.29 is 4.57 Å². The summed E-state index contributed by atoms with van der Waals surface area (Å²) in [6.45, 7) is 0. The van der Waals surface area contributed by atoms with Crippen molar-refractivity contribution >= 4 is 33.6 Å². The third kappa shape index (κ3) is 2.68. The van der Waals surface area contributed by atoms with E-state index in [9.17, 15) is 4.57 Å². The summed E-state index contributed by atoms with van der Waals surface area (Å²) >= 11 is 11.3. The van der Waals surface area contributed by atoms with Crippen LogP contribution in [0.3, 0.4) is 0 Å². The molecule has 4 heteroatoms. The summed E-state index contributed by atoms with van der Waals surface area (Å²) in [7, 11) is 0. The van der Waals surface area contributed by atoms with Crippen molar-refractivity contribution in [2.24, 2.45) is 0 Å². The molecular formula is C12H9Cl2OP. The molecule has 0 radical (unpaired) electrons. The van der Waals surface area contributed by atoms with Gasteiger partial charge in [-0.05, 0) is 45.7 Å². The standard InChI is InChI=1S/C12H9Cl2OP/c13-16(14,15)12-8-4-7-11(9-12)10-5-2-1-3-6-10/h1-9H. The van der Waals surface area contributed by atoms with E-state index in [2.05, 4.69) is 0 Å². The summed E-state index contributed by atoms with van der Waals surface area (Å²) in [5.41, 5.74) is 2.01. The van der Waals surface area contributed by atoms with Crippen LogP contribution >= 0.6 is 28.3 Å². The van der Waals surface area contributed by atoms with Crippen molar-refractivity contribution in [3.63, 3.8) is 0 Å². The van der Waals surface area contributed by atoms with Gasteiger partial charge in [-0.2, -0.15) is 0 Å². The van der Waals surface area contributed by atoms with Crippen molar-refractivity contribution in [2.45, 2.75) is 0 Å². The Bertz CT molecular complexity index is 534. The summed E-state index contributed by atoms with van der Waals surface area (Å²) < 4.78 is 11.5. The quantitative estimate of drug-likeness (QED) is 0.726. The first-order chi connectivity index (χ1) is 7.57. The molecule has 0 heterocycles. The van der Waals surface area contributed by atoms with Crippen molar-refractivity contribution in [3.8, 4) is 11.1 Å². The van der Waals surface area contributed by atoms with Crippen LogP contribution < -0.4 is 5.30 Å². The van der Waals surface area contributed by atoms with Crippen LogP contribution in [0.25, 0.3) is 11.1 Å². The Morgan fingerprint density at radius 1 is 0.812 bits per heavy atom. The van der Waals surface area contributed by atoms with Gasteiger partial charge in [0.2, 0.25) is 0 Å². The Balaban J connectivity index is 2.49. The molecule has 0 unspecified atom stereocenters. The second-order valence-corrected chi connectivity index (χ2v) is 8.19.